The van der Waals surface area contributed by atoms with Crippen molar-refractivity contribution >= 4 is 33.2 Å². The molecule has 0 aromatic carbocycles. The van der Waals surface area contributed by atoms with Gasteiger partial charge in [0.1, 0.15) is 6.54 Å². The minimum atomic E-state index is -4.47. The Morgan fingerprint density at radius 3 is 2.53 bits per heavy atom. The number of hydrogen-bond acceptors (Lipinski definition) is 3. The topological polar surface area (TPSA) is 40.5 Å². The standard InChI is InChI=1S/C9H9BrF3NO2S/c10-7-2-1-6(17-7)8(16)14(3-4-15)5-9(11,12)13/h1-2,15H,3-5H2. The minimum absolute atomic E-state index is 0.203. The third-order valence-corrected chi connectivity index (χ3v) is 3.42. The van der Waals surface area contributed by atoms with E-state index in [2.05, 4.69) is 15.9 Å². The molecule has 1 aromatic rings. The molecule has 0 unspecified atom stereocenters. The van der Waals surface area contributed by atoms with Crippen molar-refractivity contribution in [1.82, 2.24) is 4.90 Å². The van der Waals surface area contributed by atoms with Crippen LogP contribution in [0.15, 0.2) is 15.9 Å². The number of carbonyl (C=O) groups excluding carboxylic acids is 1. The number of hydrogen-bond donors (Lipinski definition) is 1. The smallest absolute Gasteiger partial charge is 0.395 e. The normalized spacial score (nSPS) is 11.6. The second-order valence-electron chi connectivity index (χ2n) is 3.17. The Kier molecular flexibility index (Phi) is 4.96. The molecule has 0 saturated heterocycles. The van der Waals surface area contributed by atoms with Crippen molar-refractivity contribution in [2.24, 2.45) is 0 Å². The van der Waals surface area contributed by atoms with E-state index in [0.29, 0.717) is 8.69 Å². The molecule has 1 rings (SSSR count). The third kappa shape index (κ3) is 4.64. The summed E-state index contributed by atoms with van der Waals surface area (Å²) in [5, 5.41) is 8.67. The molecular weight excluding hydrogens is 323 g/mol. The summed E-state index contributed by atoms with van der Waals surface area (Å²) < 4.78 is 37.4. The average Bonchev–Trinajstić information content (AvgIpc) is 2.61. The van der Waals surface area contributed by atoms with E-state index in [9.17, 15) is 18.0 Å². The second kappa shape index (κ2) is 5.83. The van der Waals surface area contributed by atoms with Crippen molar-refractivity contribution in [3.63, 3.8) is 0 Å². The molecule has 96 valence electrons. The predicted molar refractivity (Wildman–Crippen MR) is 61.1 cm³/mol. The molecule has 0 aliphatic heterocycles. The van der Waals surface area contributed by atoms with Crippen LogP contribution < -0.4 is 0 Å². The molecular formula is C9H9BrF3NO2S. The van der Waals surface area contributed by atoms with E-state index in [0.717, 1.165) is 11.3 Å². The first-order valence-corrected chi connectivity index (χ1v) is 6.16. The zero-order chi connectivity index (χ0) is 13.1. The van der Waals surface area contributed by atoms with Crippen molar-refractivity contribution in [2.45, 2.75) is 6.18 Å². The summed E-state index contributed by atoms with van der Waals surface area (Å²) in [6, 6.07) is 3.03. The highest BCUT2D eigenvalue weighted by Gasteiger charge is 2.33. The van der Waals surface area contributed by atoms with Crippen molar-refractivity contribution in [1.29, 1.82) is 0 Å². The number of rotatable bonds is 4. The molecule has 0 fully saturated rings. The number of amides is 1. The van der Waals surface area contributed by atoms with E-state index in [1.54, 1.807) is 6.07 Å². The first kappa shape index (κ1) is 14.5. The maximum atomic E-state index is 12.2. The van der Waals surface area contributed by atoms with Crippen LogP contribution >= 0.6 is 27.3 Å². The highest BCUT2D eigenvalue weighted by molar-refractivity contribution is 9.11. The quantitative estimate of drug-likeness (QED) is 0.920. The van der Waals surface area contributed by atoms with Gasteiger partial charge < -0.3 is 10.0 Å². The molecule has 8 heteroatoms. The molecule has 1 heterocycles. The second-order valence-corrected chi connectivity index (χ2v) is 5.63. The van der Waals surface area contributed by atoms with Crippen LogP contribution in [0.2, 0.25) is 0 Å². The maximum absolute atomic E-state index is 12.2. The first-order chi connectivity index (χ1) is 7.83. The zero-order valence-electron chi connectivity index (χ0n) is 8.50. The number of aliphatic hydroxyl groups is 1. The van der Waals surface area contributed by atoms with Gasteiger partial charge in [0.2, 0.25) is 0 Å². The lowest BCUT2D eigenvalue weighted by molar-refractivity contribution is -0.141. The van der Waals surface area contributed by atoms with E-state index >= 15 is 0 Å². The summed E-state index contributed by atoms with van der Waals surface area (Å²) in [6.45, 7) is -2.20. The fourth-order valence-electron chi connectivity index (χ4n) is 1.17. The van der Waals surface area contributed by atoms with Crippen molar-refractivity contribution in [3.8, 4) is 0 Å². The number of alkyl halides is 3. The van der Waals surface area contributed by atoms with Gasteiger partial charge in [0.25, 0.3) is 5.91 Å². The van der Waals surface area contributed by atoms with E-state index in [1.807, 2.05) is 0 Å². The molecule has 0 spiro atoms. The first-order valence-electron chi connectivity index (χ1n) is 4.55. The lowest BCUT2D eigenvalue weighted by atomic mass is 10.3. The predicted octanol–water partition coefficient (Wildman–Crippen LogP) is 2.51. The zero-order valence-corrected chi connectivity index (χ0v) is 10.9. The number of carbonyl (C=O) groups is 1. The van der Waals surface area contributed by atoms with Gasteiger partial charge in [-0.3, -0.25) is 4.79 Å². The summed E-state index contributed by atoms with van der Waals surface area (Å²) in [6.07, 6.45) is -4.47. The Balaban J connectivity index is 2.80. The minimum Gasteiger partial charge on any atom is -0.395 e. The molecule has 1 N–H and O–H groups in total. The SMILES string of the molecule is O=C(c1ccc(Br)s1)N(CCO)CC(F)(F)F. The van der Waals surface area contributed by atoms with E-state index in [-0.39, 0.29) is 11.4 Å². The average molecular weight is 332 g/mol. The maximum Gasteiger partial charge on any atom is 0.406 e. The summed E-state index contributed by atoms with van der Waals surface area (Å²) >= 11 is 4.18. The monoisotopic (exact) mass is 331 g/mol. The van der Waals surface area contributed by atoms with Crippen molar-refractivity contribution < 1.29 is 23.1 Å². The van der Waals surface area contributed by atoms with Gasteiger partial charge in [0.15, 0.2) is 0 Å². The number of aliphatic hydroxyl groups excluding tert-OH is 1. The van der Waals surface area contributed by atoms with E-state index < -0.39 is 25.2 Å². The summed E-state index contributed by atoms with van der Waals surface area (Å²) in [5.41, 5.74) is 0. The van der Waals surface area contributed by atoms with Gasteiger partial charge in [0, 0.05) is 6.54 Å². The molecule has 1 aromatic heterocycles. The van der Waals surface area contributed by atoms with Crippen LogP contribution in [0, 0.1) is 0 Å². The van der Waals surface area contributed by atoms with Crippen LogP contribution in [0.1, 0.15) is 9.67 Å². The highest BCUT2D eigenvalue weighted by Crippen LogP contribution is 2.24. The Labute approximate surface area is 108 Å². The third-order valence-electron chi connectivity index (χ3n) is 1.81. The van der Waals surface area contributed by atoms with Crippen LogP contribution in [-0.4, -0.2) is 41.8 Å². The lowest BCUT2D eigenvalue weighted by Gasteiger charge is -2.22. The number of halogens is 4. The van der Waals surface area contributed by atoms with Crippen LogP contribution in [0.4, 0.5) is 13.2 Å². The van der Waals surface area contributed by atoms with Crippen molar-refractivity contribution in [3.05, 3.63) is 20.8 Å². The molecule has 3 nitrogen and oxygen atoms in total. The van der Waals surface area contributed by atoms with Crippen LogP contribution in [-0.2, 0) is 0 Å². The van der Waals surface area contributed by atoms with Gasteiger partial charge in [-0.1, -0.05) is 0 Å². The number of nitrogens with zero attached hydrogens (tertiary/aromatic N) is 1. The Morgan fingerprint density at radius 1 is 1.47 bits per heavy atom. The molecule has 0 bridgehead atoms. The highest BCUT2D eigenvalue weighted by atomic mass is 79.9. The molecule has 17 heavy (non-hydrogen) atoms. The van der Waals surface area contributed by atoms with Gasteiger partial charge >= 0.3 is 6.18 Å². The Morgan fingerprint density at radius 2 is 2.12 bits per heavy atom. The fraction of sp³-hybridized carbons (Fsp3) is 0.444. The summed E-state index contributed by atoms with van der Waals surface area (Å²) in [4.78, 5) is 12.5. The van der Waals surface area contributed by atoms with Gasteiger partial charge in [-0.25, -0.2) is 0 Å². The fourth-order valence-corrected chi connectivity index (χ4v) is 2.53. The number of thiophene rings is 1. The van der Waals surface area contributed by atoms with E-state index in [1.165, 1.54) is 6.07 Å². The van der Waals surface area contributed by atoms with Gasteiger partial charge in [-0.05, 0) is 28.1 Å². The van der Waals surface area contributed by atoms with Crippen LogP contribution in [0.25, 0.3) is 0 Å². The summed E-state index contributed by atoms with van der Waals surface area (Å²) in [5.74, 6) is -0.730. The molecule has 1 amide bonds. The molecule has 0 radical (unpaired) electrons. The van der Waals surface area contributed by atoms with Gasteiger partial charge in [0.05, 0.1) is 15.3 Å². The van der Waals surface area contributed by atoms with Crippen molar-refractivity contribution in [2.75, 3.05) is 19.7 Å². The van der Waals surface area contributed by atoms with E-state index in [4.69, 9.17) is 5.11 Å². The summed E-state index contributed by atoms with van der Waals surface area (Å²) in [7, 11) is 0. The van der Waals surface area contributed by atoms with Gasteiger partial charge in [-0.15, -0.1) is 11.3 Å². The molecule has 0 aliphatic rings. The van der Waals surface area contributed by atoms with Crippen LogP contribution in [0.3, 0.4) is 0 Å². The Hall–Kier alpha value is -0.600. The Bertz CT molecular complexity index is 394. The lowest BCUT2D eigenvalue weighted by Crippen LogP contribution is -2.40. The largest absolute Gasteiger partial charge is 0.406 e. The molecule has 0 aliphatic carbocycles. The van der Waals surface area contributed by atoms with Crippen LogP contribution in [0.5, 0.6) is 0 Å². The molecule has 0 atom stereocenters. The van der Waals surface area contributed by atoms with Gasteiger partial charge in [-0.2, -0.15) is 13.2 Å². The molecule has 0 saturated carbocycles.